The molecule has 1 unspecified atom stereocenters. The van der Waals surface area contributed by atoms with E-state index < -0.39 is 53.6 Å². The first-order valence-electron chi connectivity index (χ1n) is 10.0. The van der Waals surface area contributed by atoms with Gasteiger partial charge >= 0.3 is 12.1 Å². The normalized spacial score (nSPS) is 14.9. The Labute approximate surface area is 201 Å². The highest BCUT2D eigenvalue weighted by Gasteiger charge is 2.41. The van der Waals surface area contributed by atoms with Gasteiger partial charge in [-0.25, -0.2) is 19.1 Å². The second-order valence-electron chi connectivity index (χ2n) is 7.07. The van der Waals surface area contributed by atoms with Gasteiger partial charge in [-0.15, -0.1) is 0 Å². The van der Waals surface area contributed by atoms with Crippen LogP contribution in [0.15, 0.2) is 42.1 Å². The number of amides is 2. The molecule has 2 aromatic rings. The molecule has 0 N–H and O–H groups in total. The summed E-state index contributed by atoms with van der Waals surface area (Å²) in [6.45, 7) is 3.15. The maximum absolute atomic E-state index is 14.6. The zero-order chi connectivity index (χ0) is 25.9. The van der Waals surface area contributed by atoms with Crippen LogP contribution in [0, 0.1) is 5.82 Å². The lowest BCUT2D eigenvalue weighted by atomic mass is 10.1. The molecule has 35 heavy (non-hydrogen) atoms. The summed E-state index contributed by atoms with van der Waals surface area (Å²) in [5.41, 5.74) is -2.01. The highest BCUT2D eigenvalue weighted by molar-refractivity contribution is 6.32. The van der Waals surface area contributed by atoms with Crippen LogP contribution in [0.3, 0.4) is 0 Å². The van der Waals surface area contributed by atoms with E-state index in [1.807, 2.05) is 0 Å². The zero-order valence-electron chi connectivity index (χ0n) is 18.2. The van der Waals surface area contributed by atoms with E-state index >= 15 is 0 Å². The summed E-state index contributed by atoms with van der Waals surface area (Å²) in [5.74, 6) is -4.97. The molecule has 1 aromatic carbocycles. The van der Waals surface area contributed by atoms with Gasteiger partial charge in [0.2, 0.25) is 5.91 Å². The summed E-state index contributed by atoms with van der Waals surface area (Å²) in [6.07, 6.45) is -5.54. The Morgan fingerprint density at radius 3 is 2.60 bits per heavy atom. The Balaban J connectivity index is 1.93. The van der Waals surface area contributed by atoms with Crippen molar-refractivity contribution in [3.63, 3.8) is 0 Å². The van der Waals surface area contributed by atoms with Crippen LogP contribution < -0.4 is 14.4 Å². The van der Waals surface area contributed by atoms with E-state index in [0.717, 1.165) is 12.1 Å². The summed E-state index contributed by atoms with van der Waals surface area (Å²) < 4.78 is 69.4. The maximum atomic E-state index is 14.6. The van der Waals surface area contributed by atoms with Gasteiger partial charge in [-0.05, 0) is 32.0 Å². The van der Waals surface area contributed by atoms with Gasteiger partial charge in [-0.3, -0.25) is 9.59 Å². The average molecular weight is 517 g/mol. The number of esters is 1. The molecule has 0 bridgehead atoms. The molecule has 0 fully saturated rings. The monoisotopic (exact) mass is 516 g/mol. The Kier molecular flexibility index (Phi) is 7.64. The Bertz CT molecular complexity index is 1200. The van der Waals surface area contributed by atoms with Crippen molar-refractivity contribution in [2.45, 2.75) is 32.5 Å². The number of rotatable bonds is 7. The van der Waals surface area contributed by atoms with Crippen molar-refractivity contribution in [1.29, 1.82) is 0 Å². The van der Waals surface area contributed by atoms with Gasteiger partial charge in [0.25, 0.3) is 11.8 Å². The predicted octanol–water partition coefficient (Wildman–Crippen LogP) is 4.75. The molecule has 1 aliphatic rings. The number of hydrogen-bond donors (Lipinski definition) is 0. The Morgan fingerprint density at radius 1 is 1.26 bits per heavy atom. The zero-order valence-corrected chi connectivity index (χ0v) is 18.9. The van der Waals surface area contributed by atoms with Crippen LogP contribution in [-0.2, 0) is 19.1 Å². The van der Waals surface area contributed by atoms with Crippen LogP contribution in [0.2, 0.25) is 5.02 Å². The molecule has 2 amide bonds. The number of imide groups is 1. The molecule has 8 nitrogen and oxygen atoms in total. The number of aromatic nitrogens is 1. The van der Waals surface area contributed by atoms with E-state index in [4.69, 9.17) is 25.8 Å². The number of alkyl halides is 3. The summed E-state index contributed by atoms with van der Waals surface area (Å²) in [5, 5.41) is -0.289. The number of benzene rings is 1. The largest absolute Gasteiger partial charge is 0.463 e. The third kappa shape index (κ3) is 5.88. The van der Waals surface area contributed by atoms with Crippen LogP contribution in [0.25, 0.3) is 0 Å². The van der Waals surface area contributed by atoms with E-state index in [2.05, 4.69) is 4.98 Å². The third-order valence-electron chi connectivity index (χ3n) is 4.58. The van der Waals surface area contributed by atoms with Crippen LogP contribution in [0.4, 0.5) is 23.2 Å². The van der Waals surface area contributed by atoms with Crippen LogP contribution in [0.1, 0.15) is 20.3 Å². The van der Waals surface area contributed by atoms with Gasteiger partial charge in [0.05, 0.1) is 23.7 Å². The molecule has 2 heterocycles. The van der Waals surface area contributed by atoms with E-state index in [-0.39, 0.29) is 40.0 Å². The minimum absolute atomic E-state index is 0.0707. The average Bonchev–Trinajstić information content (AvgIpc) is 2.76. The van der Waals surface area contributed by atoms with Crippen LogP contribution in [0.5, 0.6) is 17.4 Å². The smallest absolute Gasteiger partial charge is 0.413 e. The lowest BCUT2D eigenvalue weighted by Crippen LogP contribution is -2.41. The number of anilines is 1. The van der Waals surface area contributed by atoms with Gasteiger partial charge in [-0.2, -0.15) is 13.2 Å². The molecule has 3 rings (SSSR count). The van der Waals surface area contributed by atoms with E-state index in [1.165, 1.54) is 25.3 Å². The van der Waals surface area contributed by atoms with Crippen LogP contribution >= 0.6 is 11.6 Å². The van der Waals surface area contributed by atoms with Gasteiger partial charge in [0.1, 0.15) is 11.6 Å². The molecule has 1 atom stereocenters. The first kappa shape index (κ1) is 25.9. The van der Waals surface area contributed by atoms with Crippen molar-refractivity contribution >= 4 is 35.1 Å². The van der Waals surface area contributed by atoms with Crippen molar-refractivity contribution in [3.8, 4) is 17.4 Å². The fourth-order valence-corrected chi connectivity index (χ4v) is 3.16. The molecule has 0 radical (unpaired) electrons. The number of carbonyl (C=O) groups excluding carboxylic acids is 3. The molecular formula is C22H17ClF4N2O6. The second-order valence-corrected chi connectivity index (χ2v) is 7.47. The molecule has 0 saturated carbocycles. The number of halogens is 5. The van der Waals surface area contributed by atoms with E-state index in [9.17, 15) is 31.9 Å². The molecule has 0 spiro atoms. The third-order valence-corrected chi connectivity index (χ3v) is 4.87. The Hall–Kier alpha value is -3.67. The van der Waals surface area contributed by atoms with Gasteiger partial charge in [-0.1, -0.05) is 11.6 Å². The molecular weight excluding hydrogens is 500 g/mol. The maximum Gasteiger partial charge on any atom is 0.413 e. The van der Waals surface area contributed by atoms with Crippen molar-refractivity contribution in [1.82, 2.24) is 4.98 Å². The summed E-state index contributed by atoms with van der Waals surface area (Å²) >= 11 is 6.05. The number of pyridine rings is 1. The van der Waals surface area contributed by atoms with Crippen molar-refractivity contribution in [3.05, 3.63) is 53.0 Å². The minimum atomic E-state index is -4.89. The lowest BCUT2D eigenvalue weighted by molar-refractivity contribution is -0.150. The fourth-order valence-electron chi connectivity index (χ4n) is 2.97. The topological polar surface area (TPSA) is 95.0 Å². The first-order chi connectivity index (χ1) is 16.4. The van der Waals surface area contributed by atoms with E-state index in [0.29, 0.717) is 0 Å². The van der Waals surface area contributed by atoms with Gasteiger partial charge < -0.3 is 14.2 Å². The summed E-state index contributed by atoms with van der Waals surface area (Å²) in [4.78, 5) is 40.7. The van der Waals surface area contributed by atoms with Crippen molar-refractivity contribution in [2.75, 3.05) is 11.5 Å². The number of nitrogens with zero attached hydrogens (tertiary/aromatic N) is 2. The SMILES string of the molecule is CCOC(=O)C(C)Oc1ncccc1Oc1cc(N2C(=O)C=C(C(F)(F)F)CC2=O)c(F)cc1Cl. The predicted molar refractivity (Wildman–Crippen MR) is 114 cm³/mol. The molecule has 0 saturated heterocycles. The van der Waals surface area contributed by atoms with Crippen molar-refractivity contribution in [2.24, 2.45) is 0 Å². The molecule has 186 valence electrons. The minimum Gasteiger partial charge on any atom is -0.463 e. The molecule has 0 aliphatic carbocycles. The number of ether oxygens (including phenoxy) is 3. The summed E-state index contributed by atoms with van der Waals surface area (Å²) in [7, 11) is 0. The van der Waals surface area contributed by atoms with Crippen LogP contribution in [-0.4, -0.2) is 41.7 Å². The second kappa shape index (κ2) is 10.3. The highest BCUT2D eigenvalue weighted by Crippen LogP contribution is 2.40. The van der Waals surface area contributed by atoms with Gasteiger partial charge in [0, 0.05) is 23.9 Å². The quantitative estimate of drug-likeness (QED) is 0.298. The lowest BCUT2D eigenvalue weighted by Gasteiger charge is -2.26. The Morgan fingerprint density at radius 2 is 1.97 bits per heavy atom. The fraction of sp³-hybridized carbons (Fsp3) is 0.273. The van der Waals surface area contributed by atoms with Crippen molar-refractivity contribution < 1.29 is 46.2 Å². The van der Waals surface area contributed by atoms with Gasteiger partial charge in [0.15, 0.2) is 11.9 Å². The summed E-state index contributed by atoms with van der Waals surface area (Å²) in [6, 6.07) is 4.45. The number of hydrogen-bond acceptors (Lipinski definition) is 7. The highest BCUT2D eigenvalue weighted by atomic mass is 35.5. The number of carbonyl (C=O) groups is 3. The molecule has 1 aromatic heterocycles. The van der Waals surface area contributed by atoms with E-state index in [1.54, 1.807) is 6.92 Å². The molecule has 13 heteroatoms. The first-order valence-corrected chi connectivity index (χ1v) is 10.4. The standard InChI is InChI=1S/C22H17ClF4N2O6/c1-3-33-21(32)11(2)34-20-16(5-4-6-28-20)35-17-10-15(14(24)9-13(17)23)29-18(30)7-12(8-19(29)31)22(25,26)27/h4-7,9-11H,3,8H2,1-2H3. The molecule has 1 aliphatic heterocycles.